The molecule has 0 aliphatic carbocycles. The third-order valence-corrected chi connectivity index (χ3v) is 6.24. The molecule has 0 radical (unpaired) electrons. The van der Waals surface area contributed by atoms with Gasteiger partial charge in [-0.3, -0.25) is 0 Å². The van der Waals surface area contributed by atoms with Gasteiger partial charge in [0.1, 0.15) is 11.4 Å². The molecule has 0 bridgehead atoms. The first-order valence-electron chi connectivity index (χ1n) is 11.8. The van der Waals surface area contributed by atoms with Gasteiger partial charge < -0.3 is 9.47 Å². The summed E-state index contributed by atoms with van der Waals surface area (Å²) >= 11 is 0. The lowest BCUT2D eigenvalue weighted by atomic mass is 10.0. The minimum absolute atomic E-state index is 0.355. The van der Waals surface area contributed by atoms with Gasteiger partial charge in [-0.05, 0) is 41.3 Å². The predicted octanol–water partition coefficient (Wildman–Crippen LogP) is 6.36. The van der Waals surface area contributed by atoms with Gasteiger partial charge in [-0.1, -0.05) is 71.9 Å². The van der Waals surface area contributed by atoms with Crippen molar-refractivity contribution in [3.05, 3.63) is 115 Å². The molecule has 0 aliphatic rings. The summed E-state index contributed by atoms with van der Waals surface area (Å²) in [5.74, 6) is 0.801. The summed E-state index contributed by atoms with van der Waals surface area (Å²) in [6, 6.07) is 32.7. The number of hydrogen-bond acceptors (Lipinski definition) is 5. The molecule has 0 N–H and O–H groups in total. The molecule has 6 rings (SSSR count). The number of benzene rings is 4. The van der Waals surface area contributed by atoms with E-state index in [0.717, 1.165) is 50.2 Å². The van der Waals surface area contributed by atoms with Crippen LogP contribution in [0, 0.1) is 0 Å². The van der Waals surface area contributed by atoms with Crippen molar-refractivity contribution >= 4 is 21.7 Å². The summed E-state index contributed by atoms with van der Waals surface area (Å²) in [6.45, 7) is 0.792. The van der Waals surface area contributed by atoms with Gasteiger partial charge in [0.25, 0.3) is 0 Å². The molecular weight excluding hydrogens is 448 g/mol. The monoisotopic (exact) mass is 472 g/mol. The molecule has 2 heterocycles. The molecule has 0 spiro atoms. The molecule has 0 fully saturated rings. The molecule has 0 saturated carbocycles. The maximum Gasteiger partial charge on any atom is 0.119 e. The van der Waals surface area contributed by atoms with E-state index >= 15 is 0 Å². The van der Waals surface area contributed by atoms with Crippen molar-refractivity contribution in [2.24, 2.45) is 0 Å². The smallest absolute Gasteiger partial charge is 0.119 e. The lowest BCUT2D eigenvalue weighted by Gasteiger charge is -2.12. The highest BCUT2D eigenvalue weighted by molar-refractivity contribution is 6.06. The molecule has 6 heteroatoms. The fourth-order valence-corrected chi connectivity index (χ4v) is 4.40. The molecule has 0 atom stereocenters. The van der Waals surface area contributed by atoms with Crippen molar-refractivity contribution in [1.82, 2.24) is 20.0 Å². The van der Waals surface area contributed by atoms with Crippen molar-refractivity contribution < 1.29 is 9.47 Å². The van der Waals surface area contributed by atoms with Crippen LogP contribution in [-0.2, 0) is 18.0 Å². The van der Waals surface area contributed by atoms with E-state index in [-0.39, 0.29) is 0 Å². The maximum atomic E-state index is 6.14. The van der Waals surface area contributed by atoms with Crippen LogP contribution in [0.5, 0.6) is 5.75 Å². The lowest BCUT2D eigenvalue weighted by Crippen LogP contribution is -1.98. The highest BCUT2D eigenvalue weighted by Crippen LogP contribution is 2.30. The molecule has 0 amide bonds. The Morgan fingerprint density at radius 2 is 1.58 bits per heavy atom. The molecule has 0 aliphatic heterocycles. The molecule has 176 valence electrons. The van der Waals surface area contributed by atoms with E-state index in [1.165, 1.54) is 5.39 Å². The Morgan fingerprint density at radius 3 is 2.42 bits per heavy atom. The second-order valence-electron chi connectivity index (χ2n) is 8.56. The van der Waals surface area contributed by atoms with E-state index in [1.807, 2.05) is 48.7 Å². The van der Waals surface area contributed by atoms with Gasteiger partial charge >= 0.3 is 0 Å². The van der Waals surface area contributed by atoms with Crippen LogP contribution < -0.4 is 4.74 Å². The third kappa shape index (κ3) is 4.30. The van der Waals surface area contributed by atoms with Crippen LogP contribution in [0.3, 0.4) is 0 Å². The van der Waals surface area contributed by atoms with Crippen LogP contribution in [-0.4, -0.2) is 27.1 Å². The van der Waals surface area contributed by atoms with Gasteiger partial charge in [-0.25, -0.2) is 9.67 Å². The summed E-state index contributed by atoms with van der Waals surface area (Å²) in [5.41, 5.74) is 5.76. The first-order valence-corrected chi connectivity index (χ1v) is 11.8. The Labute approximate surface area is 208 Å². The maximum absolute atomic E-state index is 6.14. The number of pyridine rings is 1. The van der Waals surface area contributed by atoms with E-state index in [2.05, 4.69) is 64.9 Å². The molecule has 0 unspecified atom stereocenters. The average molecular weight is 473 g/mol. The number of fused-ring (bicyclic) bond motifs is 3. The number of hydrogen-bond donors (Lipinski definition) is 0. The van der Waals surface area contributed by atoms with Crippen LogP contribution in [0.25, 0.3) is 38.6 Å². The lowest BCUT2D eigenvalue weighted by molar-refractivity contribution is 0.105. The quantitative estimate of drug-likeness (QED) is 0.253. The summed E-state index contributed by atoms with van der Waals surface area (Å²) in [7, 11) is 1.65. The largest absolute Gasteiger partial charge is 0.497 e. The Balaban J connectivity index is 1.28. The summed E-state index contributed by atoms with van der Waals surface area (Å²) < 4.78 is 13.1. The Kier molecular flexibility index (Phi) is 5.85. The zero-order valence-electron chi connectivity index (χ0n) is 19.8. The first kappa shape index (κ1) is 21.9. The standard InChI is InChI=1S/C30H24N4O2/c1-35-26-14-12-25(13-15-26)34-18-24(32-33-34)20-36-19-23-17-29(22-8-3-2-4-9-22)31-30-27-10-6-5-7-21(27)11-16-28(23)30/h2-18H,19-20H2,1H3. The van der Waals surface area contributed by atoms with E-state index in [1.54, 1.807) is 11.8 Å². The van der Waals surface area contributed by atoms with Gasteiger partial charge in [-0.15, -0.1) is 5.10 Å². The molecular formula is C30H24N4O2. The highest BCUT2D eigenvalue weighted by Gasteiger charge is 2.12. The zero-order chi connectivity index (χ0) is 24.3. The molecule has 0 saturated heterocycles. The average Bonchev–Trinajstić information content (AvgIpc) is 3.42. The third-order valence-electron chi connectivity index (χ3n) is 6.24. The van der Waals surface area contributed by atoms with Crippen LogP contribution in [0.2, 0.25) is 0 Å². The summed E-state index contributed by atoms with van der Waals surface area (Å²) in [5, 5.41) is 11.9. The molecule has 6 nitrogen and oxygen atoms in total. The topological polar surface area (TPSA) is 62.1 Å². The zero-order valence-corrected chi connectivity index (χ0v) is 19.8. The van der Waals surface area contributed by atoms with Crippen molar-refractivity contribution in [3.63, 3.8) is 0 Å². The van der Waals surface area contributed by atoms with Gasteiger partial charge in [0.05, 0.1) is 43.4 Å². The van der Waals surface area contributed by atoms with E-state index < -0.39 is 0 Å². The molecule has 2 aromatic heterocycles. The Bertz CT molecular complexity index is 1640. The van der Waals surface area contributed by atoms with Crippen LogP contribution >= 0.6 is 0 Å². The Morgan fingerprint density at radius 1 is 0.778 bits per heavy atom. The van der Waals surface area contributed by atoms with Crippen molar-refractivity contribution in [2.45, 2.75) is 13.2 Å². The highest BCUT2D eigenvalue weighted by atomic mass is 16.5. The van der Waals surface area contributed by atoms with Crippen molar-refractivity contribution in [3.8, 4) is 22.7 Å². The second-order valence-corrected chi connectivity index (χ2v) is 8.56. The SMILES string of the molecule is COc1ccc(-n2cc(COCc3cc(-c4ccccc4)nc4c3ccc3ccccc34)nn2)cc1. The minimum Gasteiger partial charge on any atom is -0.497 e. The number of aromatic nitrogens is 4. The van der Waals surface area contributed by atoms with Gasteiger partial charge in [-0.2, -0.15) is 0 Å². The summed E-state index contributed by atoms with van der Waals surface area (Å²) in [6.07, 6.45) is 1.88. The number of nitrogens with zero attached hydrogens (tertiary/aromatic N) is 4. The van der Waals surface area contributed by atoms with Gasteiger partial charge in [0.15, 0.2) is 0 Å². The Hall–Kier alpha value is -4.55. The first-order chi connectivity index (χ1) is 17.8. The van der Waals surface area contributed by atoms with Crippen molar-refractivity contribution in [2.75, 3.05) is 7.11 Å². The number of rotatable bonds is 7. The van der Waals surface area contributed by atoms with Gasteiger partial charge in [0.2, 0.25) is 0 Å². The molecule has 6 aromatic rings. The van der Waals surface area contributed by atoms with Crippen LogP contribution in [0.15, 0.2) is 103 Å². The minimum atomic E-state index is 0.355. The predicted molar refractivity (Wildman–Crippen MR) is 141 cm³/mol. The summed E-state index contributed by atoms with van der Waals surface area (Å²) in [4.78, 5) is 5.06. The number of methoxy groups -OCH3 is 1. The van der Waals surface area contributed by atoms with Gasteiger partial charge in [0, 0.05) is 16.3 Å². The van der Waals surface area contributed by atoms with E-state index in [9.17, 15) is 0 Å². The molecule has 36 heavy (non-hydrogen) atoms. The van der Waals surface area contributed by atoms with Crippen LogP contribution in [0.4, 0.5) is 0 Å². The fraction of sp³-hybridized carbons (Fsp3) is 0.100. The van der Waals surface area contributed by atoms with Crippen molar-refractivity contribution in [1.29, 1.82) is 0 Å². The van der Waals surface area contributed by atoms with Crippen LogP contribution in [0.1, 0.15) is 11.3 Å². The van der Waals surface area contributed by atoms with E-state index in [0.29, 0.717) is 13.2 Å². The molecule has 4 aromatic carbocycles. The second kappa shape index (κ2) is 9.60. The number of ether oxygens (including phenoxy) is 2. The fourth-order valence-electron chi connectivity index (χ4n) is 4.40. The van der Waals surface area contributed by atoms with E-state index in [4.69, 9.17) is 14.5 Å². The normalized spacial score (nSPS) is 11.2.